The fourth-order valence-electron chi connectivity index (χ4n) is 4.03. The van der Waals surface area contributed by atoms with Gasteiger partial charge in [0.25, 0.3) is 0 Å². The van der Waals surface area contributed by atoms with Crippen LogP contribution in [0.5, 0.6) is 0 Å². The Labute approximate surface area is 140 Å². The van der Waals surface area contributed by atoms with Crippen molar-refractivity contribution in [1.29, 1.82) is 0 Å². The van der Waals surface area contributed by atoms with E-state index in [1.807, 2.05) is 12.2 Å². The van der Waals surface area contributed by atoms with Crippen molar-refractivity contribution < 1.29 is 19.5 Å². The minimum Gasteiger partial charge on any atom is -0.395 e. The van der Waals surface area contributed by atoms with Gasteiger partial charge in [-0.15, -0.1) is 6.42 Å². The van der Waals surface area contributed by atoms with Gasteiger partial charge < -0.3 is 10.4 Å². The molecule has 128 valence electrons. The Morgan fingerprint density at radius 3 is 2.50 bits per heavy atom. The average Bonchev–Trinajstić information content (AvgIpc) is 3.24. The largest absolute Gasteiger partial charge is 0.395 e. The molecular formula is C17H21N3O4. The molecule has 0 spiro atoms. The molecule has 3 aliphatic rings. The lowest BCUT2D eigenvalue weighted by atomic mass is 9.85. The normalized spacial score (nSPS) is 30.1. The number of hydrazine groups is 1. The number of terminal acetylenes is 1. The molecule has 3 rings (SSSR count). The van der Waals surface area contributed by atoms with Gasteiger partial charge in [0.15, 0.2) is 0 Å². The third kappa shape index (κ3) is 2.72. The second-order valence-electron chi connectivity index (χ2n) is 6.40. The summed E-state index contributed by atoms with van der Waals surface area (Å²) in [5, 5.41) is 13.9. The van der Waals surface area contributed by atoms with Crippen molar-refractivity contribution in [2.45, 2.75) is 12.8 Å². The first-order valence-electron chi connectivity index (χ1n) is 8.20. The minimum atomic E-state index is -0.281. The number of amides is 3. The van der Waals surface area contributed by atoms with Gasteiger partial charge in [0.2, 0.25) is 17.7 Å². The average molecular weight is 331 g/mol. The molecule has 0 unspecified atom stereocenters. The second kappa shape index (κ2) is 6.75. The summed E-state index contributed by atoms with van der Waals surface area (Å²) in [7, 11) is 0. The monoisotopic (exact) mass is 331 g/mol. The molecule has 0 aromatic heterocycles. The smallest absolute Gasteiger partial charge is 0.248 e. The molecule has 0 aromatic rings. The summed E-state index contributed by atoms with van der Waals surface area (Å²) in [6.45, 7) is 0.310. The highest BCUT2D eigenvalue weighted by Gasteiger charge is 2.60. The molecule has 7 heteroatoms. The van der Waals surface area contributed by atoms with Crippen LogP contribution in [0.1, 0.15) is 12.8 Å². The van der Waals surface area contributed by atoms with Crippen molar-refractivity contribution in [3.63, 3.8) is 0 Å². The molecule has 2 bridgehead atoms. The zero-order valence-electron chi connectivity index (χ0n) is 13.4. The molecule has 2 fully saturated rings. The van der Waals surface area contributed by atoms with Gasteiger partial charge in [-0.05, 0) is 18.3 Å². The van der Waals surface area contributed by atoms with E-state index in [-0.39, 0.29) is 74.1 Å². The molecule has 1 saturated carbocycles. The number of carbonyl (C=O) groups is 3. The van der Waals surface area contributed by atoms with Crippen LogP contribution in [0.2, 0.25) is 0 Å². The predicted octanol–water partition coefficient (Wildman–Crippen LogP) is -0.858. The number of imide groups is 1. The molecule has 4 atom stereocenters. The van der Waals surface area contributed by atoms with Crippen LogP contribution in [-0.4, -0.2) is 59.1 Å². The molecule has 2 N–H and O–H groups in total. The summed E-state index contributed by atoms with van der Waals surface area (Å²) in [6.07, 6.45) is 10.4. The number of hydrogen-bond acceptors (Lipinski definition) is 5. The standard InChI is InChI=1S/C17H21N3O4/c1-2-7-19(8-5-13(22)18-6-9-21)20-16(23)14-11-3-4-12(10-11)15(14)17(20)24/h1,3-4,11-12,14-15,21H,5-10H2,(H,18,22)/t11-,12+,14+,15-. The number of rotatable bonds is 7. The van der Waals surface area contributed by atoms with E-state index in [0.29, 0.717) is 0 Å². The van der Waals surface area contributed by atoms with Gasteiger partial charge >= 0.3 is 0 Å². The second-order valence-corrected chi connectivity index (χ2v) is 6.40. The topological polar surface area (TPSA) is 90.0 Å². The Balaban J connectivity index is 1.68. The highest BCUT2D eigenvalue weighted by molar-refractivity contribution is 6.05. The maximum absolute atomic E-state index is 12.7. The summed E-state index contributed by atoms with van der Waals surface area (Å²) < 4.78 is 0. The van der Waals surface area contributed by atoms with Crippen LogP contribution >= 0.6 is 0 Å². The van der Waals surface area contributed by atoms with E-state index in [4.69, 9.17) is 11.5 Å². The molecule has 24 heavy (non-hydrogen) atoms. The van der Waals surface area contributed by atoms with Gasteiger partial charge in [0.1, 0.15) is 0 Å². The molecule has 0 radical (unpaired) electrons. The summed E-state index contributed by atoms with van der Waals surface area (Å²) >= 11 is 0. The number of hydrogen-bond donors (Lipinski definition) is 2. The van der Waals surface area contributed by atoms with Gasteiger partial charge in [-0.25, -0.2) is 5.01 Å². The SMILES string of the molecule is C#CCN(CCC(=O)NCCO)N1C(=O)[C@@H]2[C@H](C1=O)[C@H]1C=C[C@@H]2C1. The highest BCUT2D eigenvalue weighted by atomic mass is 16.3. The zero-order valence-corrected chi connectivity index (χ0v) is 13.4. The van der Waals surface area contributed by atoms with Crippen molar-refractivity contribution in [2.75, 3.05) is 26.2 Å². The van der Waals surface area contributed by atoms with Gasteiger partial charge in [-0.1, -0.05) is 18.1 Å². The Bertz CT molecular complexity index is 594. The number of allylic oxidation sites excluding steroid dienone is 2. The van der Waals surface area contributed by atoms with Crippen LogP contribution in [-0.2, 0) is 14.4 Å². The predicted molar refractivity (Wildman–Crippen MR) is 84.7 cm³/mol. The van der Waals surface area contributed by atoms with Crippen LogP contribution in [0, 0.1) is 36.0 Å². The number of aliphatic hydroxyl groups excluding tert-OH is 1. The number of nitrogens with zero attached hydrogens (tertiary/aromatic N) is 2. The number of fused-ring (bicyclic) bond motifs is 5. The van der Waals surface area contributed by atoms with Crippen LogP contribution in [0.15, 0.2) is 12.2 Å². The fraction of sp³-hybridized carbons (Fsp3) is 0.588. The molecule has 1 saturated heterocycles. The van der Waals surface area contributed by atoms with Crippen molar-refractivity contribution in [2.24, 2.45) is 23.7 Å². The molecule has 0 aromatic carbocycles. The van der Waals surface area contributed by atoms with E-state index >= 15 is 0 Å². The van der Waals surface area contributed by atoms with E-state index in [9.17, 15) is 14.4 Å². The maximum Gasteiger partial charge on any atom is 0.248 e. The Hall–Kier alpha value is -2.17. The van der Waals surface area contributed by atoms with Gasteiger partial charge in [0.05, 0.1) is 25.0 Å². The zero-order chi connectivity index (χ0) is 17.3. The van der Waals surface area contributed by atoms with E-state index in [0.717, 1.165) is 6.42 Å². The summed E-state index contributed by atoms with van der Waals surface area (Å²) in [5.41, 5.74) is 0. The quantitative estimate of drug-likeness (QED) is 0.360. The summed E-state index contributed by atoms with van der Waals surface area (Å²) in [6, 6.07) is 0. The van der Waals surface area contributed by atoms with Crippen LogP contribution in [0.25, 0.3) is 0 Å². The maximum atomic E-state index is 12.7. The molecular weight excluding hydrogens is 310 g/mol. The Kier molecular flexibility index (Phi) is 4.69. The summed E-state index contributed by atoms with van der Waals surface area (Å²) in [5.74, 6) is 1.51. The van der Waals surface area contributed by atoms with Crippen LogP contribution in [0.4, 0.5) is 0 Å². The fourth-order valence-corrected chi connectivity index (χ4v) is 4.03. The van der Waals surface area contributed by atoms with Crippen molar-refractivity contribution in [3.05, 3.63) is 12.2 Å². The first-order valence-corrected chi connectivity index (χ1v) is 8.20. The van der Waals surface area contributed by atoms with Crippen molar-refractivity contribution >= 4 is 17.7 Å². The first-order chi connectivity index (χ1) is 11.6. The lowest BCUT2D eigenvalue weighted by Gasteiger charge is -2.29. The van der Waals surface area contributed by atoms with Crippen molar-refractivity contribution in [1.82, 2.24) is 15.3 Å². The lowest BCUT2D eigenvalue weighted by molar-refractivity contribution is -0.159. The van der Waals surface area contributed by atoms with Gasteiger partial charge in [-0.2, -0.15) is 5.01 Å². The molecule has 1 heterocycles. The van der Waals surface area contributed by atoms with E-state index in [1.165, 1.54) is 10.0 Å². The Morgan fingerprint density at radius 1 is 1.33 bits per heavy atom. The molecule has 2 aliphatic carbocycles. The van der Waals surface area contributed by atoms with E-state index in [1.54, 1.807) is 0 Å². The summed E-state index contributed by atoms with van der Waals surface area (Å²) in [4.78, 5) is 37.2. The van der Waals surface area contributed by atoms with E-state index in [2.05, 4.69) is 11.2 Å². The Morgan fingerprint density at radius 2 is 1.96 bits per heavy atom. The lowest BCUT2D eigenvalue weighted by Crippen LogP contribution is -2.49. The third-order valence-corrected chi connectivity index (χ3v) is 5.03. The molecule has 3 amide bonds. The third-order valence-electron chi connectivity index (χ3n) is 5.03. The molecule has 1 aliphatic heterocycles. The number of carbonyl (C=O) groups excluding carboxylic acids is 3. The van der Waals surface area contributed by atoms with Gasteiger partial charge in [-0.3, -0.25) is 14.4 Å². The van der Waals surface area contributed by atoms with Crippen LogP contribution < -0.4 is 5.32 Å². The number of nitrogens with one attached hydrogen (secondary N) is 1. The first kappa shape index (κ1) is 16.7. The van der Waals surface area contributed by atoms with Gasteiger partial charge in [0, 0.05) is 19.5 Å². The highest BCUT2D eigenvalue weighted by Crippen LogP contribution is 2.52. The van der Waals surface area contributed by atoms with Crippen LogP contribution in [0.3, 0.4) is 0 Å². The molecule has 7 nitrogen and oxygen atoms in total. The minimum absolute atomic E-state index is 0.0902. The number of aliphatic hydroxyl groups is 1. The van der Waals surface area contributed by atoms with Crippen molar-refractivity contribution in [3.8, 4) is 12.3 Å². The van der Waals surface area contributed by atoms with E-state index < -0.39 is 0 Å².